The van der Waals surface area contributed by atoms with Crippen molar-refractivity contribution in [1.29, 1.82) is 0 Å². The van der Waals surface area contributed by atoms with Crippen molar-refractivity contribution in [2.75, 3.05) is 24.7 Å². The van der Waals surface area contributed by atoms with Crippen molar-refractivity contribution < 1.29 is 17.5 Å². The van der Waals surface area contributed by atoms with Gasteiger partial charge in [-0.25, -0.2) is 0 Å². The van der Waals surface area contributed by atoms with Crippen LogP contribution in [-0.2, 0) is 11.3 Å². The molecule has 0 radical (unpaired) electrons. The third kappa shape index (κ3) is 4.82. The maximum Gasteiger partial charge on any atom is 0.257 e. The van der Waals surface area contributed by atoms with Crippen LogP contribution < -0.4 is 21.5 Å². The van der Waals surface area contributed by atoms with Crippen LogP contribution in [0.5, 0.6) is 5.75 Å². The lowest BCUT2D eigenvalue weighted by Crippen LogP contribution is -2.44. The van der Waals surface area contributed by atoms with Crippen LogP contribution >= 0.6 is 0 Å². The van der Waals surface area contributed by atoms with Gasteiger partial charge in [0.05, 0.1) is 30.0 Å². The number of ether oxygens (including phenoxy) is 1. The number of benzene rings is 2. The number of phenolic OH excluding ortho intramolecular Hbond substituents is 1. The largest absolute Gasteiger partial charge is 0.505 e. The van der Waals surface area contributed by atoms with Crippen molar-refractivity contribution in [1.82, 2.24) is 4.90 Å². The highest BCUT2D eigenvalue weighted by Crippen LogP contribution is 2.33. The second kappa shape index (κ2) is 10.1. The van der Waals surface area contributed by atoms with E-state index >= 15 is 0 Å². The van der Waals surface area contributed by atoms with Gasteiger partial charge < -0.3 is 25.4 Å². The van der Waals surface area contributed by atoms with E-state index in [-0.39, 0.29) is 49.3 Å². The molecule has 0 saturated heterocycles. The molecule has 2 atom stereocenters. The smallest absolute Gasteiger partial charge is 0.257 e. The molecule has 1 fully saturated rings. The summed E-state index contributed by atoms with van der Waals surface area (Å²) in [6, 6.07) is 14.4. The Bertz CT molecular complexity index is 1240. The third-order valence-corrected chi connectivity index (χ3v) is 6.18. The minimum atomic E-state index is -0.663. The van der Waals surface area contributed by atoms with E-state index in [0.29, 0.717) is 6.61 Å². The van der Waals surface area contributed by atoms with Crippen LogP contribution in [0.4, 0.5) is 17.1 Å². The van der Waals surface area contributed by atoms with Gasteiger partial charge in [-0.05, 0) is 30.5 Å². The van der Waals surface area contributed by atoms with Crippen LogP contribution in [0.25, 0.3) is 0 Å². The summed E-state index contributed by atoms with van der Waals surface area (Å²) in [6.07, 6.45) is 3.61. The van der Waals surface area contributed by atoms with Crippen molar-refractivity contribution in [3.05, 3.63) is 80.1 Å². The normalized spacial score (nSPS) is 17.9. The predicted octanol–water partition coefficient (Wildman–Crippen LogP) is 3.87. The number of aromatic hydroxyl groups is 1. The van der Waals surface area contributed by atoms with Gasteiger partial charge in [0.1, 0.15) is 11.4 Å². The van der Waals surface area contributed by atoms with Gasteiger partial charge in [-0.3, -0.25) is 14.4 Å². The molecule has 8 nitrogen and oxygen atoms in total. The number of hydrogen-bond acceptors (Lipinski definition) is 7. The molecule has 1 amide bonds. The fourth-order valence-corrected chi connectivity index (χ4v) is 4.27. The summed E-state index contributed by atoms with van der Waals surface area (Å²) < 4.78 is 6.17. The Morgan fingerprint density at radius 2 is 1.74 bits per heavy atom. The molecule has 1 saturated carbocycles. The number of carbonyl (C=O) groups excluding carboxylic acids is 1. The molecule has 0 aliphatic heterocycles. The van der Waals surface area contributed by atoms with Crippen molar-refractivity contribution in [3.8, 4) is 5.75 Å². The number of carbonyl (C=O) groups is 1. The number of para-hydroxylation sites is 1. The first-order valence-electron chi connectivity index (χ1n) is 11.4. The highest BCUT2D eigenvalue weighted by Gasteiger charge is 2.31. The highest BCUT2D eigenvalue weighted by molar-refractivity contribution is 5.99. The summed E-state index contributed by atoms with van der Waals surface area (Å²) in [7, 11) is 3.17. The fourth-order valence-electron chi connectivity index (χ4n) is 4.27. The lowest BCUT2D eigenvalue weighted by molar-refractivity contribution is 0.00881. The molecule has 0 spiro atoms. The minimum absolute atomic E-state index is 0. The van der Waals surface area contributed by atoms with E-state index in [4.69, 9.17) is 4.74 Å². The zero-order valence-electron chi connectivity index (χ0n) is 19.3. The van der Waals surface area contributed by atoms with Crippen LogP contribution in [0.1, 0.15) is 44.5 Å². The monoisotopic (exact) mass is 467 g/mol. The first-order valence-corrected chi connectivity index (χ1v) is 11.4. The summed E-state index contributed by atoms with van der Waals surface area (Å²) in [5.74, 6) is -0.646. The Hall–Kier alpha value is -3.65. The summed E-state index contributed by atoms with van der Waals surface area (Å²) >= 11 is 0. The highest BCUT2D eigenvalue weighted by atomic mass is 16.5. The van der Waals surface area contributed by atoms with Crippen molar-refractivity contribution in [2.24, 2.45) is 0 Å². The molecule has 4 rings (SSSR count). The average Bonchev–Trinajstić information content (AvgIpc) is 2.86. The molecule has 0 unspecified atom stereocenters. The molecule has 3 N–H and O–H groups in total. The number of rotatable bonds is 8. The van der Waals surface area contributed by atoms with Gasteiger partial charge >= 0.3 is 0 Å². The van der Waals surface area contributed by atoms with E-state index in [0.717, 1.165) is 31.2 Å². The molecular formula is C26H33N3O5. The van der Waals surface area contributed by atoms with Crippen LogP contribution in [0, 0.1) is 0 Å². The quantitative estimate of drug-likeness (QED) is 0.341. The molecular weight excluding hydrogens is 434 g/mol. The van der Waals surface area contributed by atoms with Gasteiger partial charge in [-0.15, -0.1) is 0 Å². The predicted molar refractivity (Wildman–Crippen MR) is 136 cm³/mol. The Kier molecular flexibility index (Phi) is 6.98. The zero-order valence-corrected chi connectivity index (χ0v) is 19.3. The van der Waals surface area contributed by atoms with Crippen molar-refractivity contribution in [3.63, 3.8) is 0 Å². The van der Waals surface area contributed by atoms with E-state index in [1.807, 2.05) is 30.3 Å². The SMILES string of the molecule is CN(C)C(=O)c1cccc(Nc2c(N[C@H]3CCCC[C@@H]3OCc3ccccc3)c(=O)c2=O)c1O.[HH].[HH]. The molecule has 182 valence electrons. The van der Waals surface area contributed by atoms with E-state index in [1.165, 1.54) is 11.0 Å². The van der Waals surface area contributed by atoms with E-state index in [2.05, 4.69) is 10.6 Å². The molecule has 1 aliphatic rings. The Labute approximate surface area is 200 Å². The Morgan fingerprint density at radius 1 is 1.03 bits per heavy atom. The van der Waals surface area contributed by atoms with Crippen LogP contribution in [0.3, 0.4) is 0 Å². The van der Waals surface area contributed by atoms with Crippen molar-refractivity contribution in [2.45, 2.75) is 44.4 Å². The van der Waals surface area contributed by atoms with Crippen LogP contribution in [0.2, 0.25) is 0 Å². The Morgan fingerprint density at radius 3 is 2.47 bits per heavy atom. The average molecular weight is 468 g/mol. The number of phenols is 1. The maximum atomic E-state index is 12.4. The third-order valence-electron chi connectivity index (χ3n) is 6.18. The lowest BCUT2D eigenvalue weighted by Gasteiger charge is -2.33. The summed E-state index contributed by atoms with van der Waals surface area (Å²) in [6.45, 7) is 0.473. The van der Waals surface area contributed by atoms with Gasteiger partial charge in [0.15, 0.2) is 5.75 Å². The number of nitrogens with one attached hydrogen (secondary N) is 2. The second-order valence-corrected chi connectivity index (χ2v) is 8.80. The summed E-state index contributed by atoms with van der Waals surface area (Å²) in [4.78, 5) is 38.4. The molecule has 0 bridgehead atoms. The van der Waals surface area contributed by atoms with Gasteiger partial charge in [0.25, 0.3) is 16.8 Å². The zero-order chi connectivity index (χ0) is 24.2. The molecule has 8 heteroatoms. The summed E-state index contributed by atoms with van der Waals surface area (Å²) in [5.41, 5.74) is 0.369. The van der Waals surface area contributed by atoms with Gasteiger partial charge in [0.2, 0.25) is 0 Å². The summed E-state index contributed by atoms with van der Waals surface area (Å²) in [5, 5.41) is 16.7. The second-order valence-electron chi connectivity index (χ2n) is 8.80. The molecule has 3 aromatic rings. The first-order chi connectivity index (χ1) is 16.4. The first kappa shape index (κ1) is 23.5. The molecule has 0 aromatic heterocycles. The molecule has 3 aromatic carbocycles. The molecule has 1 aliphatic carbocycles. The van der Waals surface area contributed by atoms with Crippen LogP contribution in [-0.4, -0.2) is 42.2 Å². The minimum Gasteiger partial charge on any atom is -0.505 e. The molecule has 0 heterocycles. The lowest BCUT2D eigenvalue weighted by atomic mass is 9.91. The van der Waals surface area contributed by atoms with E-state index in [1.54, 1.807) is 26.2 Å². The number of amides is 1. The fraction of sp³-hybridized carbons (Fsp3) is 0.346. The van der Waals surface area contributed by atoms with Crippen molar-refractivity contribution >= 4 is 23.0 Å². The van der Waals surface area contributed by atoms with Gasteiger partial charge in [0, 0.05) is 16.9 Å². The number of anilines is 3. The van der Waals surface area contributed by atoms with E-state index in [9.17, 15) is 19.5 Å². The number of nitrogens with zero attached hydrogens (tertiary/aromatic N) is 1. The Balaban J connectivity index is 0.00000228. The topological polar surface area (TPSA) is 108 Å². The number of hydrogen-bond donors (Lipinski definition) is 3. The van der Waals surface area contributed by atoms with E-state index < -0.39 is 10.9 Å². The van der Waals surface area contributed by atoms with Gasteiger partial charge in [-0.1, -0.05) is 49.2 Å². The maximum absolute atomic E-state index is 12.4. The van der Waals surface area contributed by atoms with Gasteiger partial charge in [-0.2, -0.15) is 0 Å². The van der Waals surface area contributed by atoms with Crippen LogP contribution in [0.15, 0.2) is 58.1 Å². The standard InChI is InChI=1S/C26H29N3O5.2H2/c1-29(2)26(33)17-11-8-13-19(23(17)30)28-22-21(24(31)25(22)32)27-18-12-6-7-14-20(18)34-15-16-9-4-3-5-10-16;;/h3-5,8-11,13,18,20,27-28,30H,6-7,12,14-15H2,1-2H3;2*1H/t18-,20-;;/m0../s1. The molecule has 34 heavy (non-hydrogen) atoms.